The number of aromatic nitrogens is 4. The first-order chi connectivity index (χ1) is 14.3. The van der Waals surface area contributed by atoms with E-state index in [2.05, 4.69) is 21.2 Å². The zero-order valence-corrected chi connectivity index (χ0v) is 16.7. The molecule has 7 nitrogen and oxygen atoms in total. The maximum absolute atomic E-state index is 13.2. The summed E-state index contributed by atoms with van der Waals surface area (Å²) >= 11 is 0. The third-order valence-electron chi connectivity index (χ3n) is 6.06. The molecule has 0 amide bonds. The summed E-state index contributed by atoms with van der Waals surface area (Å²) in [6.07, 6.45) is 5.23. The van der Waals surface area contributed by atoms with Gasteiger partial charge >= 0.3 is 0 Å². The van der Waals surface area contributed by atoms with Crippen LogP contribution in [0, 0.1) is 0 Å². The fourth-order valence-corrected chi connectivity index (χ4v) is 4.61. The Morgan fingerprint density at radius 1 is 1.17 bits per heavy atom. The van der Waals surface area contributed by atoms with E-state index < -0.39 is 0 Å². The highest BCUT2D eigenvalue weighted by molar-refractivity contribution is 5.77. The monoisotopic (exact) mass is 391 g/mol. The van der Waals surface area contributed by atoms with Crippen LogP contribution in [0.5, 0.6) is 0 Å². The average molecular weight is 391 g/mol. The first-order valence-electron chi connectivity index (χ1n) is 10.4. The van der Waals surface area contributed by atoms with Crippen molar-refractivity contribution in [2.75, 3.05) is 25.2 Å². The molecule has 150 valence electrons. The molecule has 3 heterocycles. The molecular weight excluding hydrogens is 366 g/mol. The Morgan fingerprint density at radius 2 is 2.07 bits per heavy atom. The molecule has 3 aromatic rings. The van der Waals surface area contributed by atoms with Crippen molar-refractivity contribution < 1.29 is 4.74 Å². The van der Waals surface area contributed by atoms with Gasteiger partial charge < -0.3 is 9.64 Å². The fraction of sp³-hybridized carbons (Fsp3) is 0.455. The number of hydrogen-bond donors (Lipinski definition) is 0. The number of para-hydroxylation sites is 1. The lowest BCUT2D eigenvalue weighted by Gasteiger charge is -2.27. The molecular formula is C22H25N5O2. The molecule has 1 atom stereocenters. The Labute approximate surface area is 169 Å². The van der Waals surface area contributed by atoms with Crippen LogP contribution in [0.25, 0.3) is 10.9 Å². The van der Waals surface area contributed by atoms with E-state index in [0.29, 0.717) is 18.5 Å². The van der Waals surface area contributed by atoms with Crippen LogP contribution in [-0.2, 0) is 24.1 Å². The largest absolute Gasteiger partial charge is 0.383 e. The van der Waals surface area contributed by atoms with Gasteiger partial charge in [0.2, 0.25) is 0 Å². The summed E-state index contributed by atoms with van der Waals surface area (Å²) in [7, 11) is 1.65. The van der Waals surface area contributed by atoms with E-state index in [1.54, 1.807) is 11.7 Å². The van der Waals surface area contributed by atoms with E-state index in [0.717, 1.165) is 61.5 Å². The first-order valence-corrected chi connectivity index (χ1v) is 10.4. The molecule has 0 bridgehead atoms. The molecule has 0 N–H and O–H groups in total. The van der Waals surface area contributed by atoms with Gasteiger partial charge in [0.1, 0.15) is 5.82 Å². The molecule has 29 heavy (non-hydrogen) atoms. The first kappa shape index (κ1) is 18.2. The zero-order chi connectivity index (χ0) is 19.8. The Balaban J connectivity index is 1.60. The van der Waals surface area contributed by atoms with Crippen molar-refractivity contribution >= 4 is 16.7 Å². The van der Waals surface area contributed by atoms with Crippen molar-refractivity contribution in [3.63, 3.8) is 0 Å². The molecule has 0 spiro atoms. The van der Waals surface area contributed by atoms with Crippen molar-refractivity contribution in [1.82, 2.24) is 19.7 Å². The van der Waals surface area contributed by atoms with Crippen molar-refractivity contribution in [3.05, 3.63) is 57.8 Å². The molecule has 2 aromatic heterocycles. The number of anilines is 1. The van der Waals surface area contributed by atoms with E-state index in [-0.39, 0.29) is 11.6 Å². The molecule has 0 radical (unpaired) electrons. The van der Waals surface area contributed by atoms with Crippen LogP contribution in [-0.4, -0.2) is 40.0 Å². The minimum absolute atomic E-state index is 0.00506. The van der Waals surface area contributed by atoms with Gasteiger partial charge in [-0.25, -0.2) is 4.98 Å². The van der Waals surface area contributed by atoms with Gasteiger partial charge in [-0.3, -0.25) is 9.36 Å². The second kappa shape index (κ2) is 7.55. The van der Waals surface area contributed by atoms with Crippen LogP contribution < -0.4 is 10.5 Å². The molecule has 1 fully saturated rings. The SMILES string of the molecule is COCCn1c(C2CCCN2c2cc3c(nn2)CCC3)nc2ccccc2c1=O. The van der Waals surface area contributed by atoms with Gasteiger partial charge in [0, 0.05) is 13.7 Å². The van der Waals surface area contributed by atoms with Crippen LogP contribution in [0.1, 0.15) is 42.4 Å². The Bertz CT molecular complexity index is 1110. The minimum atomic E-state index is -0.00506. The number of ether oxygens (including phenoxy) is 1. The van der Waals surface area contributed by atoms with Crippen molar-refractivity contribution in [2.24, 2.45) is 0 Å². The second-order valence-corrected chi connectivity index (χ2v) is 7.82. The van der Waals surface area contributed by atoms with Gasteiger partial charge in [-0.2, -0.15) is 5.10 Å². The molecule has 1 aromatic carbocycles. The van der Waals surface area contributed by atoms with Crippen molar-refractivity contribution in [3.8, 4) is 0 Å². The Morgan fingerprint density at radius 3 is 2.97 bits per heavy atom. The van der Waals surface area contributed by atoms with Crippen molar-refractivity contribution in [2.45, 2.75) is 44.7 Å². The maximum Gasteiger partial charge on any atom is 0.261 e. The van der Waals surface area contributed by atoms with Gasteiger partial charge in [-0.15, -0.1) is 5.10 Å². The Hall–Kier alpha value is -2.80. The predicted octanol–water partition coefficient (Wildman–Crippen LogP) is 2.66. The Kier molecular flexibility index (Phi) is 4.75. The average Bonchev–Trinajstić information content (AvgIpc) is 3.42. The lowest BCUT2D eigenvalue weighted by molar-refractivity contribution is 0.184. The van der Waals surface area contributed by atoms with Crippen LogP contribution in [0.4, 0.5) is 5.82 Å². The standard InChI is InChI=1S/C22H25N5O2/c1-29-13-12-27-21(23-18-8-3-2-7-16(18)22(27)28)19-10-5-11-26(19)20-14-15-6-4-9-17(15)24-25-20/h2-3,7-8,14,19H,4-6,9-13H2,1H3. The lowest BCUT2D eigenvalue weighted by atomic mass is 10.1. The van der Waals surface area contributed by atoms with E-state index in [4.69, 9.17) is 9.72 Å². The summed E-state index contributed by atoms with van der Waals surface area (Å²) in [5, 5.41) is 9.64. The van der Waals surface area contributed by atoms with Gasteiger partial charge in [0.15, 0.2) is 5.82 Å². The molecule has 0 saturated carbocycles. The number of fused-ring (bicyclic) bond motifs is 2. The molecule has 1 saturated heterocycles. The van der Waals surface area contributed by atoms with Crippen molar-refractivity contribution in [1.29, 1.82) is 0 Å². The van der Waals surface area contributed by atoms with Crippen LogP contribution >= 0.6 is 0 Å². The summed E-state index contributed by atoms with van der Waals surface area (Å²) in [4.78, 5) is 20.4. The number of rotatable bonds is 5. The highest BCUT2D eigenvalue weighted by Gasteiger charge is 2.32. The summed E-state index contributed by atoms with van der Waals surface area (Å²) in [6.45, 7) is 1.85. The van der Waals surface area contributed by atoms with E-state index in [1.165, 1.54) is 5.56 Å². The normalized spacial score (nSPS) is 18.5. The fourth-order valence-electron chi connectivity index (χ4n) is 4.61. The second-order valence-electron chi connectivity index (χ2n) is 7.82. The molecule has 1 unspecified atom stereocenters. The van der Waals surface area contributed by atoms with Gasteiger partial charge in [-0.05, 0) is 55.9 Å². The molecule has 5 rings (SSSR count). The number of aryl methyl sites for hydroxylation is 2. The summed E-state index contributed by atoms with van der Waals surface area (Å²) < 4.78 is 7.06. The molecule has 1 aliphatic carbocycles. The maximum atomic E-state index is 13.2. The topological polar surface area (TPSA) is 73.1 Å². The van der Waals surface area contributed by atoms with Crippen LogP contribution in [0.15, 0.2) is 35.1 Å². The summed E-state index contributed by atoms with van der Waals surface area (Å²) in [5.74, 6) is 1.69. The van der Waals surface area contributed by atoms with Crippen LogP contribution in [0.2, 0.25) is 0 Å². The van der Waals surface area contributed by atoms with Crippen LogP contribution in [0.3, 0.4) is 0 Å². The van der Waals surface area contributed by atoms with Gasteiger partial charge in [0.05, 0.1) is 35.8 Å². The number of methoxy groups -OCH3 is 1. The summed E-state index contributed by atoms with van der Waals surface area (Å²) in [6, 6.07) is 9.76. The minimum Gasteiger partial charge on any atom is -0.383 e. The predicted molar refractivity (Wildman–Crippen MR) is 111 cm³/mol. The highest BCUT2D eigenvalue weighted by Crippen LogP contribution is 2.35. The zero-order valence-electron chi connectivity index (χ0n) is 16.7. The third-order valence-corrected chi connectivity index (χ3v) is 6.06. The lowest BCUT2D eigenvalue weighted by Crippen LogP contribution is -2.33. The quantitative estimate of drug-likeness (QED) is 0.666. The smallest absolute Gasteiger partial charge is 0.261 e. The molecule has 1 aliphatic heterocycles. The van der Waals surface area contributed by atoms with E-state index in [1.807, 2.05) is 24.3 Å². The number of hydrogen-bond acceptors (Lipinski definition) is 6. The molecule has 7 heteroatoms. The van der Waals surface area contributed by atoms with Gasteiger partial charge in [-0.1, -0.05) is 12.1 Å². The highest BCUT2D eigenvalue weighted by atomic mass is 16.5. The van der Waals surface area contributed by atoms with E-state index >= 15 is 0 Å². The number of nitrogens with zero attached hydrogens (tertiary/aromatic N) is 5. The van der Waals surface area contributed by atoms with E-state index in [9.17, 15) is 4.79 Å². The summed E-state index contributed by atoms with van der Waals surface area (Å²) in [5.41, 5.74) is 3.18. The number of benzene rings is 1. The third kappa shape index (κ3) is 3.19. The van der Waals surface area contributed by atoms with Gasteiger partial charge in [0.25, 0.3) is 5.56 Å². The molecule has 2 aliphatic rings.